The van der Waals surface area contributed by atoms with E-state index in [0.29, 0.717) is 5.82 Å². The van der Waals surface area contributed by atoms with Crippen molar-refractivity contribution >= 4 is 43.6 Å². The molecule has 0 saturated carbocycles. The average Bonchev–Trinajstić information content (AvgIpc) is 3.99. The molecule has 7 aromatic carbocycles. The van der Waals surface area contributed by atoms with E-state index in [1.54, 1.807) is 0 Å². The topological polar surface area (TPSA) is 87.2 Å². The first-order valence-corrected chi connectivity index (χ1v) is 24.7. The number of hydrogen-bond donors (Lipinski definition) is 0. The summed E-state index contributed by atoms with van der Waals surface area (Å²) in [4.78, 5) is 29.7. The third-order valence-corrected chi connectivity index (χ3v) is 13.9. The monoisotopic (exact) mass is 946 g/mol. The van der Waals surface area contributed by atoms with Crippen molar-refractivity contribution in [1.82, 2.24) is 39.0 Å². The number of rotatable bonds is 9. The van der Waals surface area contributed by atoms with Crippen molar-refractivity contribution in [3.05, 3.63) is 255 Å². The van der Waals surface area contributed by atoms with Gasteiger partial charge in [-0.3, -0.25) is 19.9 Å². The molecule has 0 aliphatic heterocycles. The lowest BCUT2D eigenvalue weighted by Crippen LogP contribution is -2.02. The summed E-state index contributed by atoms with van der Waals surface area (Å²) in [6.07, 6.45) is 7.40. The van der Waals surface area contributed by atoms with Gasteiger partial charge in [-0.05, 0) is 121 Å². The molecule has 0 saturated heterocycles. The fourth-order valence-corrected chi connectivity index (χ4v) is 10.4. The summed E-state index contributed by atoms with van der Waals surface area (Å²) in [5.74, 6) is 0.649. The van der Waals surface area contributed by atoms with Gasteiger partial charge in [0.25, 0.3) is 0 Å². The lowest BCUT2D eigenvalue weighted by molar-refractivity contribution is 1.13. The highest BCUT2D eigenvalue weighted by atomic mass is 15.0. The van der Waals surface area contributed by atoms with Gasteiger partial charge in [-0.1, -0.05) is 109 Å². The molecule has 74 heavy (non-hydrogen) atoms. The Kier molecular flexibility index (Phi) is 10.3. The van der Waals surface area contributed by atoms with E-state index in [-0.39, 0.29) is 0 Å². The molecule has 0 spiro atoms. The third-order valence-electron chi connectivity index (χ3n) is 13.9. The lowest BCUT2D eigenvalue weighted by Gasteiger charge is -2.17. The van der Waals surface area contributed by atoms with Crippen LogP contribution in [0.2, 0.25) is 0 Å². The van der Waals surface area contributed by atoms with Crippen molar-refractivity contribution in [2.24, 2.45) is 0 Å². The zero-order chi connectivity index (χ0) is 49.0. The van der Waals surface area contributed by atoms with Crippen molar-refractivity contribution in [2.75, 3.05) is 0 Å². The molecule has 7 aromatic heterocycles. The highest BCUT2D eigenvalue weighted by Gasteiger charge is 2.21. The maximum absolute atomic E-state index is 5.42. The Morgan fingerprint density at radius 1 is 0.230 bits per heavy atom. The summed E-state index contributed by atoms with van der Waals surface area (Å²) >= 11 is 0. The largest absolute Gasteiger partial charge is 0.309 e. The molecule has 0 N–H and O–H groups in total. The van der Waals surface area contributed by atoms with E-state index < -0.39 is 0 Å². The second-order valence-corrected chi connectivity index (χ2v) is 18.4. The van der Waals surface area contributed by atoms with Crippen LogP contribution in [0.15, 0.2) is 255 Å². The van der Waals surface area contributed by atoms with Gasteiger partial charge in [-0.15, -0.1) is 0 Å². The van der Waals surface area contributed by atoms with Crippen molar-refractivity contribution < 1.29 is 0 Å². The minimum atomic E-state index is 0.649. The molecule has 0 unspecified atom stereocenters. The highest BCUT2D eigenvalue weighted by Crippen LogP contribution is 2.42. The molecule has 8 nitrogen and oxygen atoms in total. The van der Waals surface area contributed by atoms with Crippen LogP contribution in [0.5, 0.6) is 0 Å². The van der Waals surface area contributed by atoms with Crippen LogP contribution in [0.25, 0.3) is 134 Å². The van der Waals surface area contributed by atoms with Crippen molar-refractivity contribution in [3.63, 3.8) is 0 Å². The normalized spacial score (nSPS) is 11.5. The van der Waals surface area contributed by atoms with Crippen molar-refractivity contribution in [3.8, 4) is 90.3 Å². The predicted octanol–water partition coefficient (Wildman–Crippen LogP) is 15.9. The smallest absolute Gasteiger partial charge is 0.160 e. The van der Waals surface area contributed by atoms with Crippen molar-refractivity contribution in [1.29, 1.82) is 0 Å². The van der Waals surface area contributed by atoms with Crippen LogP contribution in [0, 0.1) is 0 Å². The fraction of sp³-hybridized carbons (Fsp3) is 0. The Labute approximate surface area is 426 Å². The fourth-order valence-electron chi connectivity index (χ4n) is 10.4. The number of nitrogens with zero attached hydrogens (tertiary/aromatic N) is 8. The van der Waals surface area contributed by atoms with E-state index in [9.17, 15) is 0 Å². The SMILES string of the molecule is c1ccc(-c2cc(-c3cc(-n4c5ccc(-c6ccccn6)cc5c5cc(-c6ccccn6)ccc54)cc(-n4c5ccc(-c6ccccn6)cc5c5cc(-c6ccccn6)ccc54)c3)nc(-c3ccccc3)n2)cc1. The van der Waals surface area contributed by atoms with Gasteiger partial charge in [-0.2, -0.15) is 0 Å². The molecule has 0 fully saturated rings. The first-order valence-electron chi connectivity index (χ1n) is 24.7. The van der Waals surface area contributed by atoms with Crippen molar-refractivity contribution in [2.45, 2.75) is 0 Å². The van der Waals surface area contributed by atoms with Gasteiger partial charge in [0.2, 0.25) is 0 Å². The highest BCUT2D eigenvalue weighted by molar-refractivity contribution is 6.13. The van der Waals surface area contributed by atoms with Crippen LogP contribution in [-0.4, -0.2) is 39.0 Å². The summed E-state index contributed by atoms with van der Waals surface area (Å²) in [5.41, 5.74) is 18.5. The standard InChI is InChI=1S/C66H42N8/c1-3-15-43(16-4-1)60-42-61(72-66(71-60)44-17-5-2-6-18-44)49-35-50(73-62-27-23-45(56-19-7-11-31-67-56)37-52(62)53-38-46(24-28-63(53)73)57-20-8-12-32-68-57)41-51(36-49)74-64-29-25-47(58-21-9-13-33-69-58)39-54(64)55-40-48(26-30-65(55)74)59-22-10-14-34-70-59/h1-42H. The molecule has 0 atom stereocenters. The first kappa shape index (κ1) is 42.7. The molecule has 0 bridgehead atoms. The molecule has 0 aliphatic rings. The molecule has 14 rings (SSSR count). The minimum Gasteiger partial charge on any atom is -0.309 e. The van der Waals surface area contributed by atoms with E-state index in [2.05, 4.69) is 167 Å². The van der Waals surface area contributed by atoms with Gasteiger partial charge >= 0.3 is 0 Å². The van der Waals surface area contributed by atoms with E-state index in [0.717, 1.165) is 128 Å². The molecule has 0 aliphatic carbocycles. The summed E-state index contributed by atoms with van der Waals surface area (Å²) in [6, 6.07) is 80.6. The molecular weight excluding hydrogens is 905 g/mol. The molecule has 8 heteroatoms. The predicted molar refractivity (Wildman–Crippen MR) is 300 cm³/mol. The molecule has 346 valence electrons. The quantitative estimate of drug-likeness (QED) is 0.143. The van der Waals surface area contributed by atoms with Crippen LogP contribution >= 0.6 is 0 Å². The Hall–Kier alpha value is -10.2. The van der Waals surface area contributed by atoms with Gasteiger partial charge in [0.1, 0.15) is 0 Å². The second kappa shape index (κ2) is 17.9. The zero-order valence-electron chi connectivity index (χ0n) is 39.8. The van der Waals surface area contributed by atoms with Gasteiger partial charge in [0.15, 0.2) is 5.82 Å². The molecular formula is C66H42N8. The van der Waals surface area contributed by atoms with Crippen LogP contribution < -0.4 is 0 Å². The first-order chi connectivity index (χ1) is 36.7. The summed E-state index contributed by atoms with van der Waals surface area (Å²) in [7, 11) is 0. The maximum atomic E-state index is 5.42. The Morgan fingerprint density at radius 2 is 0.568 bits per heavy atom. The third kappa shape index (κ3) is 7.57. The molecule has 7 heterocycles. The van der Waals surface area contributed by atoms with E-state index in [1.807, 2.05) is 97.6 Å². The molecule has 0 amide bonds. The van der Waals surface area contributed by atoms with E-state index in [1.165, 1.54) is 0 Å². The summed E-state index contributed by atoms with van der Waals surface area (Å²) < 4.78 is 4.79. The number of hydrogen-bond acceptors (Lipinski definition) is 6. The molecule has 14 aromatic rings. The van der Waals surface area contributed by atoms with Gasteiger partial charge in [0, 0.05) is 96.7 Å². The summed E-state index contributed by atoms with van der Waals surface area (Å²) in [5, 5.41) is 4.42. The minimum absolute atomic E-state index is 0.649. The Bertz CT molecular complexity index is 3920. The Morgan fingerprint density at radius 3 is 0.919 bits per heavy atom. The van der Waals surface area contributed by atoms with Gasteiger partial charge < -0.3 is 9.13 Å². The number of pyridine rings is 4. The zero-order valence-corrected chi connectivity index (χ0v) is 39.8. The second-order valence-electron chi connectivity index (χ2n) is 18.4. The number of fused-ring (bicyclic) bond motifs is 6. The van der Waals surface area contributed by atoms with E-state index >= 15 is 0 Å². The van der Waals surface area contributed by atoms with Crippen LogP contribution in [-0.2, 0) is 0 Å². The lowest BCUT2D eigenvalue weighted by atomic mass is 10.0. The average molecular weight is 947 g/mol. The number of benzene rings is 7. The van der Waals surface area contributed by atoms with E-state index in [4.69, 9.17) is 29.9 Å². The summed E-state index contributed by atoms with van der Waals surface area (Å²) in [6.45, 7) is 0. The van der Waals surface area contributed by atoms with Gasteiger partial charge in [0.05, 0.1) is 56.2 Å². The van der Waals surface area contributed by atoms with Crippen LogP contribution in [0.1, 0.15) is 0 Å². The van der Waals surface area contributed by atoms with Gasteiger partial charge in [-0.25, -0.2) is 9.97 Å². The molecule has 0 radical (unpaired) electrons. The number of aromatic nitrogens is 8. The van der Waals surface area contributed by atoms with Crippen LogP contribution in [0.4, 0.5) is 0 Å². The van der Waals surface area contributed by atoms with Crippen LogP contribution in [0.3, 0.4) is 0 Å². The maximum Gasteiger partial charge on any atom is 0.160 e. The Balaban J connectivity index is 1.07.